The molecule has 4 heterocycles. The highest BCUT2D eigenvalue weighted by molar-refractivity contribution is 6.05. The van der Waals surface area contributed by atoms with Gasteiger partial charge in [-0.2, -0.15) is 5.10 Å². The molecular formula is C23H17N3O4. The normalized spacial score (nSPS) is 17.9. The summed E-state index contributed by atoms with van der Waals surface area (Å²) in [6.07, 6.45) is 3.60. The molecule has 7 rings (SSSR count). The third-order valence-electron chi connectivity index (χ3n) is 6.11. The molecule has 0 saturated heterocycles. The molecule has 3 aliphatic heterocycles. The summed E-state index contributed by atoms with van der Waals surface area (Å²) in [7, 11) is 2.09. The number of hydrogen-bond acceptors (Lipinski definition) is 6. The zero-order valence-electron chi connectivity index (χ0n) is 16.2. The van der Waals surface area contributed by atoms with E-state index in [1.165, 1.54) is 0 Å². The van der Waals surface area contributed by atoms with Crippen molar-refractivity contribution in [3.63, 3.8) is 0 Å². The van der Waals surface area contributed by atoms with E-state index < -0.39 is 0 Å². The molecule has 148 valence electrons. The highest BCUT2D eigenvalue weighted by atomic mass is 16.7. The molecule has 0 fully saturated rings. The SMILES string of the molecule is CN1c2c(ccc3cc4c(cc23)OCO4)-c2ccc3c(c2C1n1cccn1)OCO3. The van der Waals surface area contributed by atoms with Crippen molar-refractivity contribution in [1.29, 1.82) is 0 Å². The molecule has 0 spiro atoms. The third kappa shape index (κ3) is 1.96. The Morgan fingerprint density at radius 2 is 1.70 bits per heavy atom. The topological polar surface area (TPSA) is 58.0 Å². The number of nitrogens with zero attached hydrogens (tertiary/aromatic N) is 3. The summed E-state index contributed by atoms with van der Waals surface area (Å²) < 4.78 is 24.8. The molecule has 3 aliphatic rings. The zero-order valence-corrected chi connectivity index (χ0v) is 16.2. The van der Waals surface area contributed by atoms with Crippen LogP contribution in [0.3, 0.4) is 0 Å². The number of hydrogen-bond donors (Lipinski definition) is 0. The monoisotopic (exact) mass is 399 g/mol. The summed E-state index contributed by atoms with van der Waals surface area (Å²) >= 11 is 0. The predicted molar refractivity (Wildman–Crippen MR) is 110 cm³/mol. The van der Waals surface area contributed by atoms with Crippen LogP contribution in [-0.2, 0) is 0 Å². The van der Waals surface area contributed by atoms with Crippen molar-refractivity contribution in [3.8, 4) is 34.1 Å². The van der Waals surface area contributed by atoms with Crippen LogP contribution in [-0.4, -0.2) is 30.4 Å². The lowest BCUT2D eigenvalue weighted by Crippen LogP contribution is -2.34. The summed E-state index contributed by atoms with van der Waals surface area (Å²) in [6.45, 7) is 0.487. The number of anilines is 1. The van der Waals surface area contributed by atoms with Crippen LogP contribution < -0.4 is 23.8 Å². The van der Waals surface area contributed by atoms with Crippen LogP contribution in [0.15, 0.2) is 54.9 Å². The van der Waals surface area contributed by atoms with Crippen molar-refractivity contribution >= 4 is 16.5 Å². The van der Waals surface area contributed by atoms with Gasteiger partial charge in [0.05, 0.1) is 11.3 Å². The van der Waals surface area contributed by atoms with Gasteiger partial charge in [-0.15, -0.1) is 0 Å². The van der Waals surface area contributed by atoms with E-state index in [0.29, 0.717) is 0 Å². The van der Waals surface area contributed by atoms with Gasteiger partial charge in [0.2, 0.25) is 13.6 Å². The lowest BCUT2D eigenvalue weighted by atomic mass is 9.88. The van der Waals surface area contributed by atoms with E-state index in [1.54, 1.807) is 6.20 Å². The van der Waals surface area contributed by atoms with Gasteiger partial charge in [-0.05, 0) is 41.3 Å². The predicted octanol–water partition coefficient (Wildman–Crippen LogP) is 4.16. The highest BCUT2D eigenvalue weighted by Gasteiger charge is 2.37. The minimum Gasteiger partial charge on any atom is -0.454 e. The van der Waals surface area contributed by atoms with Crippen molar-refractivity contribution in [2.75, 3.05) is 25.5 Å². The Morgan fingerprint density at radius 3 is 2.57 bits per heavy atom. The molecule has 4 aromatic rings. The lowest BCUT2D eigenvalue weighted by molar-refractivity contribution is 0.172. The van der Waals surface area contributed by atoms with Gasteiger partial charge in [-0.3, -0.25) is 0 Å². The Balaban J connectivity index is 1.58. The molecule has 7 nitrogen and oxygen atoms in total. The molecule has 0 aliphatic carbocycles. The molecule has 0 saturated carbocycles. The van der Waals surface area contributed by atoms with Crippen LogP contribution in [0.25, 0.3) is 21.9 Å². The number of fused-ring (bicyclic) bond motifs is 8. The molecule has 0 bridgehead atoms. The van der Waals surface area contributed by atoms with Gasteiger partial charge in [0.25, 0.3) is 0 Å². The summed E-state index contributed by atoms with van der Waals surface area (Å²) in [6, 6.07) is 14.5. The smallest absolute Gasteiger partial charge is 0.231 e. The molecule has 3 aromatic carbocycles. The maximum absolute atomic E-state index is 5.91. The third-order valence-corrected chi connectivity index (χ3v) is 6.11. The summed E-state index contributed by atoms with van der Waals surface area (Å²) in [5, 5.41) is 6.78. The second-order valence-electron chi connectivity index (χ2n) is 7.62. The molecule has 0 N–H and O–H groups in total. The first-order chi connectivity index (χ1) is 14.8. The van der Waals surface area contributed by atoms with Crippen LogP contribution in [0.1, 0.15) is 11.7 Å². The number of ether oxygens (including phenoxy) is 4. The Hall–Kier alpha value is -3.87. The lowest BCUT2D eigenvalue weighted by Gasteiger charge is -2.38. The van der Waals surface area contributed by atoms with Crippen molar-refractivity contribution < 1.29 is 18.9 Å². The van der Waals surface area contributed by atoms with Crippen LogP contribution in [0.5, 0.6) is 23.0 Å². The van der Waals surface area contributed by atoms with E-state index in [-0.39, 0.29) is 19.8 Å². The average molecular weight is 399 g/mol. The average Bonchev–Trinajstić information content (AvgIpc) is 3.52. The van der Waals surface area contributed by atoms with E-state index in [9.17, 15) is 0 Å². The van der Waals surface area contributed by atoms with E-state index in [0.717, 1.165) is 56.1 Å². The maximum atomic E-state index is 5.91. The van der Waals surface area contributed by atoms with E-state index >= 15 is 0 Å². The minimum atomic E-state index is -0.171. The second-order valence-corrected chi connectivity index (χ2v) is 7.62. The largest absolute Gasteiger partial charge is 0.454 e. The first kappa shape index (κ1) is 16.0. The fraction of sp³-hybridized carbons (Fsp3) is 0.174. The molecule has 0 amide bonds. The fourth-order valence-corrected chi connectivity index (χ4v) is 4.83. The van der Waals surface area contributed by atoms with Gasteiger partial charge < -0.3 is 23.8 Å². The van der Waals surface area contributed by atoms with Gasteiger partial charge in [0.15, 0.2) is 29.2 Å². The maximum Gasteiger partial charge on any atom is 0.231 e. The molecule has 7 heteroatoms. The van der Waals surface area contributed by atoms with Gasteiger partial charge in [0, 0.05) is 30.4 Å². The Labute approximate surface area is 171 Å². The molecule has 30 heavy (non-hydrogen) atoms. The standard InChI is InChI=1S/C23H17N3O4/c1-25-21-15(4-3-13-9-18-19(10-16(13)21)29-11-28-18)14-5-6-17-22(30-12-27-17)20(14)23(25)26-8-2-7-24-26/h2-10,23H,11-12H2,1H3. The van der Waals surface area contributed by atoms with Gasteiger partial charge in [0.1, 0.15) is 0 Å². The van der Waals surface area contributed by atoms with E-state index in [4.69, 9.17) is 18.9 Å². The zero-order chi connectivity index (χ0) is 19.8. The van der Waals surface area contributed by atoms with Crippen molar-refractivity contribution in [3.05, 3.63) is 60.4 Å². The quantitative estimate of drug-likeness (QED) is 0.479. The van der Waals surface area contributed by atoms with Gasteiger partial charge >= 0.3 is 0 Å². The van der Waals surface area contributed by atoms with Crippen LogP contribution in [0.2, 0.25) is 0 Å². The van der Waals surface area contributed by atoms with Crippen molar-refractivity contribution in [2.45, 2.75) is 6.17 Å². The summed E-state index contributed by atoms with van der Waals surface area (Å²) in [4.78, 5) is 2.25. The first-order valence-corrected chi connectivity index (χ1v) is 9.81. The van der Waals surface area contributed by atoms with Crippen LogP contribution >= 0.6 is 0 Å². The molecule has 1 atom stereocenters. The Morgan fingerprint density at radius 1 is 0.900 bits per heavy atom. The van der Waals surface area contributed by atoms with Crippen molar-refractivity contribution in [1.82, 2.24) is 9.78 Å². The number of aromatic nitrogens is 2. The molecule has 1 aromatic heterocycles. The van der Waals surface area contributed by atoms with Crippen molar-refractivity contribution in [2.24, 2.45) is 0 Å². The van der Waals surface area contributed by atoms with Crippen LogP contribution in [0, 0.1) is 0 Å². The molecule has 0 radical (unpaired) electrons. The molecule has 1 unspecified atom stereocenters. The summed E-state index contributed by atoms with van der Waals surface area (Å²) in [5.41, 5.74) is 4.44. The Bertz CT molecular complexity index is 1330. The summed E-state index contributed by atoms with van der Waals surface area (Å²) in [5.74, 6) is 3.12. The first-order valence-electron chi connectivity index (χ1n) is 9.81. The minimum absolute atomic E-state index is 0.171. The van der Waals surface area contributed by atoms with E-state index in [2.05, 4.69) is 41.3 Å². The fourth-order valence-electron chi connectivity index (χ4n) is 4.83. The number of benzene rings is 3. The molecular weight excluding hydrogens is 382 g/mol. The van der Waals surface area contributed by atoms with Crippen LogP contribution in [0.4, 0.5) is 5.69 Å². The highest BCUT2D eigenvalue weighted by Crippen LogP contribution is 2.54. The van der Waals surface area contributed by atoms with E-state index in [1.807, 2.05) is 29.1 Å². The van der Waals surface area contributed by atoms with Gasteiger partial charge in [-0.25, -0.2) is 4.68 Å². The van der Waals surface area contributed by atoms with Gasteiger partial charge in [-0.1, -0.05) is 12.1 Å². The Kier molecular flexibility index (Phi) is 2.98. The second kappa shape index (κ2) is 5.60. The number of rotatable bonds is 1.